The van der Waals surface area contributed by atoms with E-state index in [9.17, 15) is 4.79 Å². The number of nitrogens with one attached hydrogen (secondary N) is 1. The molecule has 0 radical (unpaired) electrons. The van der Waals surface area contributed by atoms with Crippen molar-refractivity contribution in [2.24, 2.45) is 0 Å². The number of esters is 1. The minimum atomic E-state index is -0.522. The second kappa shape index (κ2) is 5.28. The van der Waals surface area contributed by atoms with Crippen LogP contribution in [0, 0.1) is 0 Å². The highest BCUT2D eigenvalue weighted by Crippen LogP contribution is 2.30. The minimum Gasteiger partial charge on any atom is -0.455 e. The van der Waals surface area contributed by atoms with Gasteiger partial charge in [0.05, 0.1) is 6.04 Å². The number of carbonyl (C=O) groups is 1. The fourth-order valence-electron chi connectivity index (χ4n) is 2.37. The van der Waals surface area contributed by atoms with Gasteiger partial charge in [0, 0.05) is 0 Å². The van der Waals surface area contributed by atoms with Gasteiger partial charge in [-0.3, -0.25) is 4.90 Å². The lowest BCUT2D eigenvalue weighted by Crippen LogP contribution is -2.32. The molecule has 1 fully saturated rings. The zero-order valence-electron chi connectivity index (χ0n) is 12.1. The lowest BCUT2D eigenvalue weighted by Gasteiger charge is -2.31. The number of rotatable bonds is 2. The van der Waals surface area contributed by atoms with E-state index in [0.29, 0.717) is 11.4 Å². The molecule has 1 aromatic rings. The van der Waals surface area contributed by atoms with Gasteiger partial charge in [0.25, 0.3) is 0 Å². The Morgan fingerprint density at radius 2 is 2.11 bits per heavy atom. The molecule has 2 rings (SSSR count). The Bertz CT molecular complexity index is 450. The molecular weight excluding hydrogens is 244 g/mol. The molecule has 0 saturated carbocycles. The molecule has 1 atom stereocenters. The molecule has 0 bridgehead atoms. The van der Waals surface area contributed by atoms with E-state index in [2.05, 4.69) is 27.4 Å². The van der Waals surface area contributed by atoms with Gasteiger partial charge in [-0.05, 0) is 47.2 Å². The average molecular weight is 266 g/mol. The largest absolute Gasteiger partial charge is 0.455 e. The van der Waals surface area contributed by atoms with Gasteiger partial charge in [-0.25, -0.2) is 4.79 Å². The monoisotopic (exact) mass is 266 g/mol. The fourth-order valence-corrected chi connectivity index (χ4v) is 2.37. The zero-order chi connectivity index (χ0) is 14.0. The van der Waals surface area contributed by atoms with Gasteiger partial charge in [-0.15, -0.1) is 5.10 Å². The highest BCUT2D eigenvalue weighted by atomic mass is 16.6. The molecule has 1 saturated heterocycles. The number of hydrogen-bond acceptors (Lipinski definition) is 5. The first kappa shape index (κ1) is 14.0. The first-order chi connectivity index (χ1) is 8.88. The summed E-state index contributed by atoms with van der Waals surface area (Å²) in [5.41, 5.74) is 0.497. The molecule has 6 nitrogen and oxygen atoms in total. The third-order valence-corrected chi connectivity index (χ3v) is 3.25. The summed E-state index contributed by atoms with van der Waals surface area (Å²) in [5.74, 6) is -0.407. The maximum Gasteiger partial charge on any atom is 0.361 e. The number of ether oxygens (including phenoxy) is 1. The molecule has 1 N–H and O–H groups in total. The number of piperidine rings is 1. The minimum absolute atomic E-state index is 0.148. The second-order valence-corrected chi connectivity index (χ2v) is 6.05. The van der Waals surface area contributed by atoms with Crippen LogP contribution in [-0.4, -0.2) is 45.5 Å². The van der Waals surface area contributed by atoms with Crippen LogP contribution in [0.25, 0.3) is 0 Å². The van der Waals surface area contributed by atoms with Gasteiger partial charge in [-0.2, -0.15) is 10.3 Å². The van der Waals surface area contributed by atoms with Crippen LogP contribution in [0.1, 0.15) is 62.3 Å². The summed E-state index contributed by atoms with van der Waals surface area (Å²) in [7, 11) is 2.05. The normalized spacial score (nSPS) is 21.4. The third kappa shape index (κ3) is 3.32. The van der Waals surface area contributed by atoms with Crippen molar-refractivity contribution in [1.82, 2.24) is 20.3 Å². The molecular formula is C13H22N4O2. The van der Waals surface area contributed by atoms with Gasteiger partial charge < -0.3 is 4.74 Å². The molecule has 1 aliphatic heterocycles. The zero-order valence-corrected chi connectivity index (χ0v) is 12.1. The highest BCUT2D eigenvalue weighted by Gasteiger charge is 2.31. The number of carbonyl (C=O) groups excluding carboxylic acids is 1. The number of hydrogen-bond donors (Lipinski definition) is 1. The van der Waals surface area contributed by atoms with E-state index in [0.717, 1.165) is 19.4 Å². The molecule has 0 aromatic carbocycles. The summed E-state index contributed by atoms with van der Waals surface area (Å²) in [4.78, 5) is 14.3. The van der Waals surface area contributed by atoms with Crippen LogP contribution in [-0.2, 0) is 4.74 Å². The van der Waals surface area contributed by atoms with Crippen molar-refractivity contribution in [3.8, 4) is 0 Å². The van der Waals surface area contributed by atoms with Crippen LogP contribution < -0.4 is 0 Å². The number of nitrogens with zero attached hydrogens (tertiary/aromatic N) is 3. The van der Waals surface area contributed by atoms with Gasteiger partial charge in [0.1, 0.15) is 11.3 Å². The Hall–Kier alpha value is -1.43. The number of aromatic amines is 1. The van der Waals surface area contributed by atoms with E-state index in [1.165, 1.54) is 6.42 Å². The van der Waals surface area contributed by atoms with Crippen molar-refractivity contribution in [2.75, 3.05) is 13.6 Å². The fraction of sp³-hybridized carbons (Fsp3) is 0.769. The first-order valence-corrected chi connectivity index (χ1v) is 6.73. The van der Waals surface area contributed by atoms with Crippen LogP contribution in [0.15, 0.2) is 0 Å². The topological polar surface area (TPSA) is 71.1 Å². The Balaban J connectivity index is 2.19. The number of likely N-dealkylation sites (tertiary alicyclic amines) is 1. The maximum absolute atomic E-state index is 12.1. The summed E-state index contributed by atoms with van der Waals surface area (Å²) in [6.07, 6.45) is 3.33. The van der Waals surface area contributed by atoms with Crippen LogP contribution in [0.3, 0.4) is 0 Å². The molecule has 2 heterocycles. The van der Waals surface area contributed by atoms with Crippen LogP contribution in [0.5, 0.6) is 0 Å². The second-order valence-electron chi connectivity index (χ2n) is 6.05. The Labute approximate surface area is 113 Å². The first-order valence-electron chi connectivity index (χ1n) is 6.73. The molecule has 0 aliphatic carbocycles. The molecule has 1 aliphatic rings. The molecule has 1 unspecified atom stereocenters. The van der Waals surface area contributed by atoms with E-state index in [1.807, 2.05) is 20.8 Å². The molecule has 19 heavy (non-hydrogen) atoms. The van der Waals surface area contributed by atoms with Crippen LogP contribution in [0.4, 0.5) is 0 Å². The van der Waals surface area contributed by atoms with Crippen LogP contribution in [0.2, 0.25) is 0 Å². The standard InChI is InChI=1S/C13H22N4O2/c1-13(2,3)19-12(18)11-10(14-16-15-11)9-7-5-6-8-17(9)4/h9H,5-8H2,1-4H3,(H,14,15,16). The highest BCUT2D eigenvalue weighted by molar-refractivity contribution is 5.88. The lowest BCUT2D eigenvalue weighted by atomic mass is 9.99. The van der Waals surface area contributed by atoms with Crippen molar-refractivity contribution in [3.63, 3.8) is 0 Å². The quantitative estimate of drug-likeness (QED) is 0.828. The third-order valence-electron chi connectivity index (χ3n) is 3.25. The van der Waals surface area contributed by atoms with Crippen molar-refractivity contribution in [2.45, 2.75) is 51.7 Å². The predicted octanol–water partition coefficient (Wildman–Crippen LogP) is 1.92. The summed E-state index contributed by atoms with van der Waals surface area (Å²) in [6, 6.07) is 0.148. The summed E-state index contributed by atoms with van der Waals surface area (Å²) in [6.45, 7) is 6.55. The Kier molecular flexibility index (Phi) is 3.89. The molecule has 0 amide bonds. The van der Waals surface area contributed by atoms with E-state index < -0.39 is 11.6 Å². The molecule has 0 spiro atoms. The van der Waals surface area contributed by atoms with E-state index in [-0.39, 0.29) is 6.04 Å². The SMILES string of the molecule is CN1CCCCC1c1n[nH]nc1C(=O)OC(C)(C)C. The van der Waals surface area contributed by atoms with Crippen molar-refractivity contribution in [3.05, 3.63) is 11.4 Å². The summed E-state index contributed by atoms with van der Waals surface area (Å²) >= 11 is 0. The molecule has 6 heteroatoms. The van der Waals surface area contributed by atoms with Gasteiger partial charge >= 0.3 is 5.97 Å². The van der Waals surface area contributed by atoms with Crippen LogP contribution >= 0.6 is 0 Å². The van der Waals surface area contributed by atoms with Crippen molar-refractivity contribution in [1.29, 1.82) is 0 Å². The Morgan fingerprint density at radius 1 is 1.37 bits per heavy atom. The Morgan fingerprint density at radius 3 is 2.74 bits per heavy atom. The lowest BCUT2D eigenvalue weighted by molar-refractivity contribution is 0.00588. The van der Waals surface area contributed by atoms with E-state index >= 15 is 0 Å². The summed E-state index contributed by atoms with van der Waals surface area (Å²) in [5, 5.41) is 10.7. The molecule has 1 aromatic heterocycles. The van der Waals surface area contributed by atoms with E-state index in [1.54, 1.807) is 0 Å². The average Bonchev–Trinajstić information content (AvgIpc) is 2.76. The number of aromatic nitrogens is 3. The van der Waals surface area contributed by atoms with Gasteiger partial charge in [0.15, 0.2) is 5.69 Å². The maximum atomic E-state index is 12.1. The smallest absolute Gasteiger partial charge is 0.361 e. The van der Waals surface area contributed by atoms with Gasteiger partial charge in [0.2, 0.25) is 0 Å². The molecule has 106 valence electrons. The predicted molar refractivity (Wildman–Crippen MR) is 70.8 cm³/mol. The van der Waals surface area contributed by atoms with Gasteiger partial charge in [-0.1, -0.05) is 6.42 Å². The number of H-pyrrole nitrogens is 1. The summed E-state index contributed by atoms with van der Waals surface area (Å²) < 4.78 is 5.37. The van der Waals surface area contributed by atoms with E-state index in [4.69, 9.17) is 4.74 Å². The van der Waals surface area contributed by atoms with Crippen molar-refractivity contribution >= 4 is 5.97 Å². The van der Waals surface area contributed by atoms with Crippen molar-refractivity contribution < 1.29 is 9.53 Å².